The first-order valence-corrected chi connectivity index (χ1v) is 6.99. The van der Waals surface area contributed by atoms with E-state index in [1.807, 2.05) is 0 Å². The molecule has 0 radical (unpaired) electrons. The van der Waals surface area contributed by atoms with Gasteiger partial charge >= 0.3 is 0 Å². The second-order valence-electron chi connectivity index (χ2n) is 5.64. The lowest BCUT2D eigenvalue weighted by molar-refractivity contribution is -0.0121. The average molecular weight is 227 g/mol. The smallest absolute Gasteiger partial charge is 0.0604 e. The van der Waals surface area contributed by atoms with Crippen LogP contribution in [0.3, 0.4) is 0 Å². The average Bonchev–Trinajstić information content (AvgIpc) is 2.14. The summed E-state index contributed by atoms with van der Waals surface area (Å²) in [4.78, 5) is 0. The van der Waals surface area contributed by atoms with Gasteiger partial charge in [-0.1, -0.05) is 26.7 Å². The molecule has 2 nitrogen and oxygen atoms in total. The molecule has 0 saturated heterocycles. The van der Waals surface area contributed by atoms with Gasteiger partial charge in [0.1, 0.15) is 0 Å². The summed E-state index contributed by atoms with van der Waals surface area (Å²) >= 11 is 0. The second-order valence-corrected chi connectivity index (χ2v) is 5.64. The van der Waals surface area contributed by atoms with Crippen LogP contribution in [-0.2, 0) is 4.74 Å². The van der Waals surface area contributed by atoms with E-state index < -0.39 is 0 Å². The van der Waals surface area contributed by atoms with Gasteiger partial charge in [0.05, 0.1) is 6.10 Å². The fourth-order valence-electron chi connectivity index (χ4n) is 2.39. The minimum absolute atomic E-state index is 0.533. The van der Waals surface area contributed by atoms with Gasteiger partial charge in [0, 0.05) is 18.7 Å². The van der Waals surface area contributed by atoms with E-state index in [2.05, 4.69) is 33.0 Å². The fourth-order valence-corrected chi connectivity index (χ4v) is 2.39. The second kappa shape index (κ2) is 7.29. The van der Waals surface area contributed by atoms with Gasteiger partial charge in [0.2, 0.25) is 0 Å². The van der Waals surface area contributed by atoms with Crippen LogP contribution in [0.2, 0.25) is 0 Å². The first-order chi connectivity index (χ1) is 7.61. The van der Waals surface area contributed by atoms with E-state index in [-0.39, 0.29) is 0 Å². The molecule has 0 spiro atoms. The summed E-state index contributed by atoms with van der Waals surface area (Å²) in [5.74, 6) is 0.846. The number of ether oxygens (including phenoxy) is 1. The molecule has 0 aromatic heterocycles. The molecule has 1 rings (SSSR count). The topological polar surface area (TPSA) is 21.3 Å². The van der Waals surface area contributed by atoms with Crippen molar-refractivity contribution in [2.75, 3.05) is 6.61 Å². The monoisotopic (exact) mass is 227 g/mol. The van der Waals surface area contributed by atoms with Crippen LogP contribution in [0.4, 0.5) is 0 Å². The maximum Gasteiger partial charge on any atom is 0.0604 e. The largest absolute Gasteiger partial charge is 0.378 e. The molecule has 0 aromatic rings. The van der Waals surface area contributed by atoms with Crippen molar-refractivity contribution in [3.05, 3.63) is 0 Å². The van der Waals surface area contributed by atoms with E-state index in [9.17, 15) is 0 Å². The van der Waals surface area contributed by atoms with E-state index in [1.54, 1.807) is 0 Å². The molecule has 1 atom stereocenters. The van der Waals surface area contributed by atoms with Crippen molar-refractivity contribution in [1.82, 2.24) is 5.32 Å². The highest BCUT2D eigenvalue weighted by Gasteiger charge is 2.29. The van der Waals surface area contributed by atoms with Crippen molar-refractivity contribution in [2.24, 2.45) is 5.92 Å². The zero-order valence-corrected chi connectivity index (χ0v) is 11.5. The molecule has 0 aromatic carbocycles. The van der Waals surface area contributed by atoms with Crippen molar-refractivity contribution >= 4 is 0 Å². The zero-order chi connectivity index (χ0) is 12.0. The third-order valence-corrected chi connectivity index (χ3v) is 3.44. The molecule has 0 aliphatic heterocycles. The Morgan fingerprint density at radius 3 is 2.44 bits per heavy atom. The zero-order valence-electron chi connectivity index (χ0n) is 11.5. The summed E-state index contributed by atoms with van der Waals surface area (Å²) in [5.41, 5.74) is 0. The SMILES string of the molecule is CCOC1CC(NC(C)CCCC(C)C)C1. The maximum atomic E-state index is 5.56. The van der Waals surface area contributed by atoms with Crippen molar-refractivity contribution in [2.45, 2.75) is 78.0 Å². The quantitative estimate of drug-likeness (QED) is 0.686. The van der Waals surface area contributed by atoms with Gasteiger partial charge in [0.25, 0.3) is 0 Å². The van der Waals surface area contributed by atoms with E-state index in [4.69, 9.17) is 4.74 Å². The van der Waals surface area contributed by atoms with Crippen LogP contribution in [0.5, 0.6) is 0 Å². The predicted molar refractivity (Wildman–Crippen MR) is 69.7 cm³/mol. The standard InChI is InChI=1S/C14H29NO/c1-5-16-14-9-13(10-14)15-12(4)8-6-7-11(2)3/h11-15H,5-10H2,1-4H3. The molecule has 16 heavy (non-hydrogen) atoms. The molecule has 1 N–H and O–H groups in total. The van der Waals surface area contributed by atoms with Crippen molar-refractivity contribution in [3.63, 3.8) is 0 Å². The Kier molecular flexibility index (Phi) is 6.37. The number of nitrogens with one attached hydrogen (secondary N) is 1. The van der Waals surface area contributed by atoms with E-state index in [0.717, 1.165) is 12.5 Å². The minimum Gasteiger partial charge on any atom is -0.378 e. The first-order valence-electron chi connectivity index (χ1n) is 6.99. The van der Waals surface area contributed by atoms with Crippen LogP contribution < -0.4 is 5.32 Å². The van der Waals surface area contributed by atoms with E-state index >= 15 is 0 Å². The molecule has 1 fully saturated rings. The summed E-state index contributed by atoms with van der Waals surface area (Å²) in [6, 6.07) is 1.39. The van der Waals surface area contributed by atoms with Crippen LogP contribution in [0.1, 0.15) is 59.8 Å². The number of hydrogen-bond donors (Lipinski definition) is 1. The van der Waals surface area contributed by atoms with Gasteiger partial charge in [0.15, 0.2) is 0 Å². The predicted octanol–water partition coefficient (Wildman–Crippen LogP) is 3.36. The molecule has 1 unspecified atom stereocenters. The highest BCUT2D eigenvalue weighted by Crippen LogP contribution is 2.24. The first kappa shape index (κ1) is 14.0. The molecule has 96 valence electrons. The Balaban J connectivity index is 1.97. The molecule has 1 aliphatic rings. The van der Waals surface area contributed by atoms with Gasteiger partial charge in [-0.25, -0.2) is 0 Å². The molecule has 0 bridgehead atoms. The molecular weight excluding hydrogens is 198 g/mol. The van der Waals surface area contributed by atoms with Gasteiger partial charge in [-0.05, 0) is 39.0 Å². The number of hydrogen-bond acceptors (Lipinski definition) is 2. The van der Waals surface area contributed by atoms with Gasteiger partial charge in [-0.2, -0.15) is 0 Å². The van der Waals surface area contributed by atoms with E-state index in [0.29, 0.717) is 18.2 Å². The summed E-state index contributed by atoms with van der Waals surface area (Å²) in [6.45, 7) is 9.86. The molecule has 1 saturated carbocycles. The third kappa shape index (κ3) is 5.31. The van der Waals surface area contributed by atoms with Gasteiger partial charge in [-0.3, -0.25) is 0 Å². The Hall–Kier alpha value is -0.0800. The molecular formula is C14H29NO. The van der Waals surface area contributed by atoms with Crippen LogP contribution in [0.25, 0.3) is 0 Å². The van der Waals surface area contributed by atoms with Crippen molar-refractivity contribution in [3.8, 4) is 0 Å². The highest BCUT2D eigenvalue weighted by atomic mass is 16.5. The Labute approximate surface area is 101 Å². The van der Waals surface area contributed by atoms with Crippen molar-refractivity contribution in [1.29, 1.82) is 0 Å². The molecule has 0 heterocycles. The number of rotatable bonds is 8. The Morgan fingerprint density at radius 1 is 1.19 bits per heavy atom. The highest BCUT2D eigenvalue weighted by molar-refractivity contribution is 4.87. The van der Waals surface area contributed by atoms with Crippen LogP contribution in [0, 0.1) is 5.92 Å². The van der Waals surface area contributed by atoms with Crippen LogP contribution >= 0.6 is 0 Å². The summed E-state index contributed by atoms with van der Waals surface area (Å²) < 4.78 is 5.56. The van der Waals surface area contributed by atoms with Crippen molar-refractivity contribution < 1.29 is 4.74 Å². The normalized spacial score (nSPS) is 26.8. The third-order valence-electron chi connectivity index (χ3n) is 3.44. The summed E-state index contributed by atoms with van der Waals surface area (Å²) in [5, 5.41) is 3.70. The Bertz CT molecular complexity index is 176. The van der Waals surface area contributed by atoms with E-state index in [1.165, 1.54) is 32.1 Å². The summed E-state index contributed by atoms with van der Waals surface area (Å²) in [6.07, 6.45) is 6.98. The maximum absolute atomic E-state index is 5.56. The lowest BCUT2D eigenvalue weighted by Crippen LogP contribution is -2.48. The molecule has 2 heteroatoms. The van der Waals surface area contributed by atoms with Crippen LogP contribution in [0.15, 0.2) is 0 Å². The Morgan fingerprint density at radius 2 is 1.88 bits per heavy atom. The summed E-state index contributed by atoms with van der Waals surface area (Å²) in [7, 11) is 0. The molecule has 1 aliphatic carbocycles. The minimum atomic E-state index is 0.533. The van der Waals surface area contributed by atoms with Gasteiger partial charge in [-0.15, -0.1) is 0 Å². The fraction of sp³-hybridized carbons (Fsp3) is 1.00. The molecule has 0 amide bonds. The van der Waals surface area contributed by atoms with Crippen LogP contribution in [-0.4, -0.2) is 24.8 Å². The van der Waals surface area contributed by atoms with Gasteiger partial charge < -0.3 is 10.1 Å². The lowest BCUT2D eigenvalue weighted by atomic mass is 9.88. The lowest BCUT2D eigenvalue weighted by Gasteiger charge is -2.37.